The number of anilines is 2. The molecule has 6 heteroatoms. The van der Waals surface area contributed by atoms with Crippen LogP contribution in [0.25, 0.3) is 10.9 Å². The zero-order valence-electron chi connectivity index (χ0n) is 15.3. The van der Waals surface area contributed by atoms with Crippen LogP contribution in [0.1, 0.15) is 34.5 Å². The van der Waals surface area contributed by atoms with Crippen LogP contribution in [0.15, 0.2) is 42.5 Å². The molecule has 2 aromatic carbocycles. The van der Waals surface area contributed by atoms with E-state index in [2.05, 4.69) is 20.9 Å². The van der Waals surface area contributed by atoms with E-state index in [1.807, 2.05) is 32.0 Å². The number of urea groups is 1. The van der Waals surface area contributed by atoms with Gasteiger partial charge in [-0.2, -0.15) is 0 Å². The van der Waals surface area contributed by atoms with Crippen molar-refractivity contribution in [3.63, 3.8) is 0 Å². The van der Waals surface area contributed by atoms with E-state index in [9.17, 15) is 9.59 Å². The van der Waals surface area contributed by atoms with Crippen LogP contribution in [-0.2, 0) is 0 Å². The minimum atomic E-state index is -0.195. The molecule has 3 aromatic rings. The lowest BCUT2D eigenvalue weighted by Gasteiger charge is -2.09. The van der Waals surface area contributed by atoms with Crippen molar-refractivity contribution in [3.8, 4) is 0 Å². The molecule has 0 unspecified atom stereocenters. The van der Waals surface area contributed by atoms with Crippen molar-refractivity contribution >= 4 is 34.2 Å². The van der Waals surface area contributed by atoms with Gasteiger partial charge < -0.3 is 20.9 Å². The van der Waals surface area contributed by atoms with Crippen molar-refractivity contribution < 1.29 is 9.59 Å². The fourth-order valence-corrected chi connectivity index (χ4v) is 3.02. The maximum absolute atomic E-state index is 12.6. The minimum absolute atomic E-state index is 0.165. The molecular formula is C21H22N4O2. The SMILES string of the molecule is Cc1[nH]c2ccc(C(=O)Nc3ccc(NC(=O)NC4CC4)cc3)cc2c1C. The first-order valence-corrected chi connectivity index (χ1v) is 9.07. The van der Waals surface area contributed by atoms with Gasteiger partial charge in [-0.1, -0.05) is 0 Å². The van der Waals surface area contributed by atoms with Crippen LogP contribution < -0.4 is 16.0 Å². The number of H-pyrrole nitrogens is 1. The molecule has 1 aromatic heterocycles. The fraction of sp³-hybridized carbons (Fsp3) is 0.238. The molecule has 0 atom stereocenters. The standard InChI is InChI=1S/C21H22N4O2/c1-12-13(2)22-19-10-3-14(11-18(12)19)20(26)23-15-4-6-16(7-5-15)24-21(27)25-17-8-9-17/h3-7,10-11,17,22H,8-9H2,1-2H3,(H,23,26)(H2,24,25,27). The van der Waals surface area contributed by atoms with E-state index in [0.717, 1.165) is 35.0 Å². The van der Waals surface area contributed by atoms with Crippen LogP contribution in [0, 0.1) is 13.8 Å². The van der Waals surface area contributed by atoms with E-state index in [4.69, 9.17) is 0 Å². The van der Waals surface area contributed by atoms with E-state index < -0.39 is 0 Å². The summed E-state index contributed by atoms with van der Waals surface area (Å²) in [7, 11) is 0. The average molecular weight is 362 g/mol. The van der Waals surface area contributed by atoms with Crippen LogP contribution in [0.4, 0.5) is 16.2 Å². The Morgan fingerprint density at radius 1 is 0.963 bits per heavy atom. The largest absolute Gasteiger partial charge is 0.358 e. The summed E-state index contributed by atoms with van der Waals surface area (Å²) in [6.45, 7) is 4.07. The smallest absolute Gasteiger partial charge is 0.319 e. The number of amides is 3. The third-order valence-corrected chi connectivity index (χ3v) is 4.88. The van der Waals surface area contributed by atoms with E-state index in [-0.39, 0.29) is 11.9 Å². The average Bonchev–Trinajstić information content (AvgIpc) is 3.41. The van der Waals surface area contributed by atoms with Crippen LogP contribution in [0.2, 0.25) is 0 Å². The van der Waals surface area contributed by atoms with Gasteiger partial charge in [-0.15, -0.1) is 0 Å². The number of carbonyl (C=O) groups excluding carboxylic acids is 2. The molecule has 27 heavy (non-hydrogen) atoms. The highest BCUT2D eigenvalue weighted by Gasteiger charge is 2.23. The molecule has 1 heterocycles. The number of hydrogen-bond acceptors (Lipinski definition) is 2. The number of rotatable bonds is 4. The molecule has 1 aliphatic rings. The lowest BCUT2D eigenvalue weighted by atomic mass is 10.1. The molecule has 138 valence electrons. The van der Waals surface area contributed by atoms with Crippen LogP contribution in [-0.4, -0.2) is 23.0 Å². The van der Waals surface area contributed by atoms with Crippen LogP contribution >= 0.6 is 0 Å². The van der Waals surface area contributed by atoms with Gasteiger partial charge in [-0.05, 0) is 74.7 Å². The Hall–Kier alpha value is -3.28. The zero-order valence-corrected chi connectivity index (χ0v) is 15.3. The van der Waals surface area contributed by atoms with Gasteiger partial charge in [-0.25, -0.2) is 4.79 Å². The highest BCUT2D eigenvalue weighted by molar-refractivity contribution is 6.06. The minimum Gasteiger partial charge on any atom is -0.358 e. The lowest BCUT2D eigenvalue weighted by Crippen LogP contribution is -2.30. The third-order valence-electron chi connectivity index (χ3n) is 4.88. The first-order valence-electron chi connectivity index (χ1n) is 9.07. The molecule has 4 N–H and O–H groups in total. The quantitative estimate of drug-likeness (QED) is 0.557. The summed E-state index contributed by atoms with van der Waals surface area (Å²) < 4.78 is 0. The maximum atomic E-state index is 12.6. The van der Waals surface area contributed by atoms with Crippen molar-refractivity contribution in [2.45, 2.75) is 32.7 Å². The van der Waals surface area contributed by atoms with Gasteiger partial charge in [0.05, 0.1) is 0 Å². The molecule has 1 saturated carbocycles. The number of fused-ring (bicyclic) bond motifs is 1. The van der Waals surface area contributed by atoms with Gasteiger partial charge in [0.2, 0.25) is 0 Å². The molecular weight excluding hydrogens is 340 g/mol. The van der Waals surface area contributed by atoms with E-state index >= 15 is 0 Å². The second kappa shape index (κ2) is 6.79. The van der Waals surface area contributed by atoms with Gasteiger partial charge in [0.15, 0.2) is 0 Å². The predicted octanol–water partition coefficient (Wildman–Crippen LogP) is 4.32. The van der Waals surface area contributed by atoms with E-state index in [0.29, 0.717) is 23.0 Å². The Morgan fingerprint density at radius 2 is 1.63 bits per heavy atom. The summed E-state index contributed by atoms with van der Waals surface area (Å²) >= 11 is 0. The maximum Gasteiger partial charge on any atom is 0.319 e. The number of hydrogen-bond donors (Lipinski definition) is 4. The summed E-state index contributed by atoms with van der Waals surface area (Å²) in [5.41, 5.74) is 5.26. The number of nitrogens with one attached hydrogen (secondary N) is 4. The Kier molecular flexibility index (Phi) is 4.32. The predicted molar refractivity (Wildman–Crippen MR) is 107 cm³/mol. The summed E-state index contributed by atoms with van der Waals surface area (Å²) in [6.07, 6.45) is 2.10. The molecule has 0 spiro atoms. The van der Waals surface area contributed by atoms with Gasteiger partial charge >= 0.3 is 6.03 Å². The number of aryl methyl sites for hydroxylation is 2. The zero-order chi connectivity index (χ0) is 19.0. The fourth-order valence-electron chi connectivity index (χ4n) is 3.02. The van der Waals surface area contributed by atoms with Crippen LogP contribution in [0.3, 0.4) is 0 Å². The van der Waals surface area contributed by atoms with Crippen LogP contribution in [0.5, 0.6) is 0 Å². The normalized spacial score (nSPS) is 13.4. The summed E-state index contributed by atoms with van der Waals surface area (Å²) in [4.78, 5) is 27.6. The number of aromatic nitrogens is 1. The second-order valence-electron chi connectivity index (χ2n) is 7.04. The number of carbonyl (C=O) groups is 2. The Bertz CT molecular complexity index is 1020. The van der Waals surface area contributed by atoms with Crippen molar-refractivity contribution in [3.05, 3.63) is 59.3 Å². The molecule has 0 aliphatic heterocycles. The first-order chi connectivity index (χ1) is 13.0. The third kappa shape index (κ3) is 3.79. The van der Waals surface area contributed by atoms with Crippen molar-refractivity contribution in [1.29, 1.82) is 0 Å². The Morgan fingerprint density at radius 3 is 2.30 bits per heavy atom. The molecule has 1 aliphatic carbocycles. The summed E-state index contributed by atoms with van der Waals surface area (Å²) in [5.74, 6) is -0.165. The topological polar surface area (TPSA) is 86.0 Å². The second-order valence-corrected chi connectivity index (χ2v) is 7.04. The molecule has 3 amide bonds. The van der Waals surface area contributed by atoms with Crippen molar-refractivity contribution in [1.82, 2.24) is 10.3 Å². The van der Waals surface area contributed by atoms with Crippen molar-refractivity contribution in [2.24, 2.45) is 0 Å². The highest BCUT2D eigenvalue weighted by Crippen LogP contribution is 2.23. The number of aromatic amines is 1. The van der Waals surface area contributed by atoms with E-state index in [1.165, 1.54) is 0 Å². The van der Waals surface area contributed by atoms with Gasteiger partial charge in [0, 0.05) is 39.6 Å². The highest BCUT2D eigenvalue weighted by atomic mass is 16.2. The molecule has 0 radical (unpaired) electrons. The van der Waals surface area contributed by atoms with Gasteiger partial charge in [0.1, 0.15) is 0 Å². The monoisotopic (exact) mass is 362 g/mol. The molecule has 4 rings (SSSR count). The Labute approximate surface area is 157 Å². The molecule has 6 nitrogen and oxygen atoms in total. The first kappa shape index (κ1) is 17.1. The van der Waals surface area contributed by atoms with Crippen molar-refractivity contribution in [2.75, 3.05) is 10.6 Å². The van der Waals surface area contributed by atoms with Gasteiger partial charge in [0.25, 0.3) is 5.91 Å². The number of benzene rings is 2. The summed E-state index contributed by atoms with van der Waals surface area (Å²) in [5, 5.41) is 9.61. The summed E-state index contributed by atoms with van der Waals surface area (Å²) in [6, 6.07) is 12.8. The molecule has 0 saturated heterocycles. The van der Waals surface area contributed by atoms with E-state index in [1.54, 1.807) is 24.3 Å². The lowest BCUT2D eigenvalue weighted by molar-refractivity contribution is 0.102. The Balaban J connectivity index is 1.43. The molecule has 0 bridgehead atoms. The van der Waals surface area contributed by atoms with Gasteiger partial charge in [-0.3, -0.25) is 4.79 Å². The molecule has 1 fully saturated rings.